The highest BCUT2D eigenvalue weighted by molar-refractivity contribution is 9.11. The number of nitrogen functional groups attached to an aromatic ring is 1. The van der Waals surface area contributed by atoms with Crippen molar-refractivity contribution < 1.29 is 9.63 Å². The normalized spacial score (nSPS) is 11.4. The van der Waals surface area contributed by atoms with E-state index < -0.39 is 0 Å². The number of oxime groups is 1. The number of aldehydes is 1. The van der Waals surface area contributed by atoms with E-state index in [0.29, 0.717) is 27.5 Å². The highest BCUT2D eigenvalue weighted by atomic mass is 79.9. The maximum absolute atomic E-state index is 10.7. The van der Waals surface area contributed by atoms with Crippen molar-refractivity contribution in [1.29, 1.82) is 0 Å². The van der Waals surface area contributed by atoms with Gasteiger partial charge in [-0.3, -0.25) is 4.79 Å². The number of nitrogens with zero attached hydrogens (tertiary/aromatic N) is 2. The molecule has 0 aromatic carbocycles. The standard InChI is InChI=1S/C7H8BrN3O2S/c1-2-13-11-4(3-12)5-6(8)14-7(9)10-5/h3H,2H2,1H3,(H2,9,10)/b11-4+. The zero-order chi connectivity index (χ0) is 10.6. The van der Waals surface area contributed by atoms with E-state index >= 15 is 0 Å². The molecule has 0 saturated carbocycles. The van der Waals surface area contributed by atoms with Gasteiger partial charge in [-0.2, -0.15) is 0 Å². The third-order valence-electron chi connectivity index (χ3n) is 1.25. The summed E-state index contributed by atoms with van der Waals surface area (Å²) >= 11 is 4.47. The van der Waals surface area contributed by atoms with Crippen molar-refractivity contribution >= 4 is 44.4 Å². The van der Waals surface area contributed by atoms with Gasteiger partial charge in [-0.15, -0.1) is 0 Å². The van der Waals surface area contributed by atoms with Crippen LogP contribution in [0.4, 0.5) is 5.13 Å². The number of nitrogens with two attached hydrogens (primary N) is 1. The Bertz CT molecular complexity index is 364. The number of anilines is 1. The first-order chi connectivity index (χ1) is 6.69. The van der Waals surface area contributed by atoms with Gasteiger partial charge in [0.1, 0.15) is 16.1 Å². The molecule has 0 spiro atoms. The Morgan fingerprint density at radius 3 is 3.00 bits per heavy atom. The lowest BCUT2D eigenvalue weighted by atomic mass is 10.3. The van der Waals surface area contributed by atoms with Gasteiger partial charge in [-0.1, -0.05) is 16.5 Å². The lowest BCUT2D eigenvalue weighted by Crippen LogP contribution is -2.05. The Hall–Kier alpha value is -0.950. The molecule has 1 heterocycles. The molecule has 2 N–H and O–H groups in total. The average Bonchev–Trinajstić information content (AvgIpc) is 2.47. The topological polar surface area (TPSA) is 77.6 Å². The molecule has 0 atom stereocenters. The Morgan fingerprint density at radius 2 is 2.57 bits per heavy atom. The third-order valence-corrected chi connectivity index (χ3v) is 2.78. The van der Waals surface area contributed by atoms with Crippen molar-refractivity contribution in [2.45, 2.75) is 6.92 Å². The molecular formula is C7H8BrN3O2S. The molecule has 1 aromatic heterocycles. The zero-order valence-corrected chi connectivity index (χ0v) is 9.76. The molecule has 1 rings (SSSR count). The fourth-order valence-corrected chi connectivity index (χ4v) is 2.09. The largest absolute Gasteiger partial charge is 0.395 e. The highest BCUT2D eigenvalue weighted by Gasteiger charge is 2.13. The minimum Gasteiger partial charge on any atom is -0.395 e. The molecule has 0 radical (unpaired) electrons. The molecule has 0 unspecified atom stereocenters. The van der Waals surface area contributed by atoms with Crippen molar-refractivity contribution in [3.63, 3.8) is 0 Å². The summed E-state index contributed by atoms with van der Waals surface area (Å²) in [5.41, 5.74) is 6.01. The van der Waals surface area contributed by atoms with Gasteiger partial charge in [0.15, 0.2) is 17.1 Å². The first-order valence-corrected chi connectivity index (χ1v) is 5.37. The molecular weight excluding hydrogens is 270 g/mol. The quantitative estimate of drug-likeness (QED) is 0.513. The lowest BCUT2D eigenvalue weighted by Gasteiger charge is -1.95. The van der Waals surface area contributed by atoms with E-state index in [1.54, 1.807) is 6.92 Å². The van der Waals surface area contributed by atoms with Crippen molar-refractivity contribution in [2.24, 2.45) is 5.16 Å². The maximum atomic E-state index is 10.7. The van der Waals surface area contributed by atoms with Gasteiger partial charge in [-0.05, 0) is 22.9 Å². The molecule has 0 bridgehead atoms. The van der Waals surface area contributed by atoms with Crippen LogP contribution in [0.15, 0.2) is 8.94 Å². The number of carbonyl (C=O) groups is 1. The van der Waals surface area contributed by atoms with Crippen LogP contribution in [0.2, 0.25) is 0 Å². The molecule has 0 saturated heterocycles. The number of hydrogen-bond acceptors (Lipinski definition) is 6. The predicted octanol–water partition coefficient (Wildman–Crippen LogP) is 1.43. The molecule has 0 fully saturated rings. The molecule has 76 valence electrons. The summed E-state index contributed by atoms with van der Waals surface area (Å²) in [7, 11) is 0. The SMILES string of the molecule is CCO/N=C(\C=O)c1nc(N)sc1Br. The van der Waals surface area contributed by atoms with Crippen molar-refractivity contribution in [1.82, 2.24) is 4.98 Å². The van der Waals surface area contributed by atoms with Crippen molar-refractivity contribution in [3.8, 4) is 0 Å². The van der Waals surface area contributed by atoms with Gasteiger partial charge >= 0.3 is 0 Å². The number of halogens is 1. The minimum absolute atomic E-state index is 0.131. The van der Waals surface area contributed by atoms with Gasteiger partial charge in [0.2, 0.25) is 0 Å². The van der Waals surface area contributed by atoms with Crippen LogP contribution in [0.5, 0.6) is 0 Å². The van der Waals surface area contributed by atoms with Crippen molar-refractivity contribution in [3.05, 3.63) is 9.48 Å². The summed E-state index contributed by atoms with van der Waals surface area (Å²) in [6.45, 7) is 2.17. The van der Waals surface area contributed by atoms with Gasteiger partial charge < -0.3 is 10.6 Å². The van der Waals surface area contributed by atoms with Crippen LogP contribution >= 0.6 is 27.3 Å². The Kier molecular flexibility index (Phi) is 4.02. The van der Waals surface area contributed by atoms with Crippen LogP contribution in [0.25, 0.3) is 0 Å². The summed E-state index contributed by atoms with van der Waals surface area (Å²) in [5, 5.41) is 3.99. The Morgan fingerprint density at radius 1 is 1.86 bits per heavy atom. The molecule has 1 aromatic rings. The Labute approximate surface area is 93.1 Å². The number of carbonyl (C=O) groups excluding carboxylic acids is 1. The van der Waals surface area contributed by atoms with Gasteiger partial charge in [0.25, 0.3) is 0 Å². The van der Waals surface area contributed by atoms with Crippen LogP contribution in [0, 0.1) is 0 Å². The first kappa shape index (κ1) is 11.1. The van der Waals surface area contributed by atoms with E-state index in [2.05, 4.69) is 26.1 Å². The minimum atomic E-state index is 0.131. The molecule has 5 nitrogen and oxygen atoms in total. The Balaban J connectivity index is 3.00. The molecule has 14 heavy (non-hydrogen) atoms. The van der Waals surface area contributed by atoms with E-state index in [0.717, 1.165) is 0 Å². The van der Waals surface area contributed by atoms with E-state index in [-0.39, 0.29) is 5.71 Å². The van der Waals surface area contributed by atoms with Gasteiger partial charge in [-0.25, -0.2) is 4.98 Å². The molecule has 0 amide bonds. The zero-order valence-electron chi connectivity index (χ0n) is 7.36. The van der Waals surface area contributed by atoms with E-state index in [9.17, 15) is 4.79 Å². The van der Waals surface area contributed by atoms with Crippen LogP contribution in [0.1, 0.15) is 12.6 Å². The van der Waals surface area contributed by atoms with Crippen LogP contribution < -0.4 is 5.73 Å². The summed E-state index contributed by atoms with van der Waals surface area (Å²) in [5.74, 6) is 0. The van der Waals surface area contributed by atoms with Crippen molar-refractivity contribution in [2.75, 3.05) is 12.3 Å². The predicted molar refractivity (Wildman–Crippen MR) is 58.5 cm³/mol. The van der Waals surface area contributed by atoms with E-state index in [1.807, 2.05) is 0 Å². The maximum Gasteiger partial charge on any atom is 0.181 e. The van der Waals surface area contributed by atoms with Gasteiger partial charge in [0.05, 0.1) is 0 Å². The summed E-state index contributed by atoms with van der Waals surface area (Å²) in [6.07, 6.45) is 0.578. The third kappa shape index (κ3) is 2.52. The van der Waals surface area contributed by atoms with Gasteiger partial charge in [0, 0.05) is 0 Å². The fourth-order valence-electron chi connectivity index (χ4n) is 0.730. The molecule has 7 heteroatoms. The second-order valence-corrected chi connectivity index (χ2v) is 4.54. The van der Waals surface area contributed by atoms with Crippen LogP contribution in [-0.4, -0.2) is 23.6 Å². The first-order valence-electron chi connectivity index (χ1n) is 3.76. The van der Waals surface area contributed by atoms with E-state index in [1.165, 1.54) is 11.3 Å². The molecule has 0 aliphatic carbocycles. The van der Waals surface area contributed by atoms with E-state index in [4.69, 9.17) is 10.6 Å². The molecule has 0 aliphatic rings. The summed E-state index contributed by atoms with van der Waals surface area (Å²) in [4.78, 5) is 19.4. The lowest BCUT2D eigenvalue weighted by molar-refractivity contribution is -0.102. The number of rotatable bonds is 4. The summed E-state index contributed by atoms with van der Waals surface area (Å²) < 4.78 is 0.667. The fraction of sp³-hybridized carbons (Fsp3) is 0.286. The second kappa shape index (κ2) is 5.06. The summed E-state index contributed by atoms with van der Waals surface area (Å²) in [6, 6.07) is 0. The smallest absolute Gasteiger partial charge is 0.181 e. The van der Waals surface area contributed by atoms with Crippen LogP contribution in [-0.2, 0) is 9.63 Å². The number of thiazole rings is 1. The monoisotopic (exact) mass is 277 g/mol. The average molecular weight is 278 g/mol. The second-order valence-electron chi connectivity index (χ2n) is 2.19. The molecule has 0 aliphatic heterocycles. The number of hydrogen-bond donors (Lipinski definition) is 1. The van der Waals surface area contributed by atoms with Crippen LogP contribution in [0.3, 0.4) is 0 Å². The highest BCUT2D eigenvalue weighted by Crippen LogP contribution is 2.26. The number of aromatic nitrogens is 1.